The maximum Gasteiger partial charge on any atom is 0.257 e. The fraction of sp³-hybridized carbons (Fsp3) is 0.125. The fourth-order valence-electron chi connectivity index (χ4n) is 1.91. The number of nitrogen functional groups attached to an aromatic ring is 1. The van der Waals surface area contributed by atoms with E-state index in [9.17, 15) is 9.59 Å². The van der Waals surface area contributed by atoms with Crippen LogP contribution in [0.2, 0.25) is 0 Å². The van der Waals surface area contributed by atoms with Gasteiger partial charge in [0.05, 0.1) is 12.7 Å². The number of anilines is 2. The van der Waals surface area contributed by atoms with E-state index in [4.69, 9.17) is 10.5 Å². The van der Waals surface area contributed by atoms with E-state index < -0.39 is 0 Å². The van der Waals surface area contributed by atoms with Crippen LogP contribution < -0.4 is 21.1 Å². The number of carbonyl (C=O) groups excluding carboxylic acids is 2. The van der Waals surface area contributed by atoms with E-state index in [-0.39, 0.29) is 17.4 Å². The van der Waals surface area contributed by atoms with Gasteiger partial charge in [-0.1, -0.05) is 0 Å². The molecule has 0 heterocycles. The smallest absolute Gasteiger partial charge is 0.257 e. The molecule has 0 atom stereocenters. The first-order chi connectivity index (χ1) is 10.5. The zero-order valence-corrected chi connectivity index (χ0v) is 12.3. The van der Waals surface area contributed by atoms with Gasteiger partial charge >= 0.3 is 0 Å². The molecule has 0 aromatic heterocycles. The third-order valence-corrected chi connectivity index (χ3v) is 3.14. The molecule has 0 fully saturated rings. The summed E-state index contributed by atoms with van der Waals surface area (Å²) in [5.74, 6) is 0.0334. The first kappa shape index (κ1) is 15.4. The van der Waals surface area contributed by atoms with Gasteiger partial charge in [-0.3, -0.25) is 9.59 Å². The zero-order valence-electron chi connectivity index (χ0n) is 12.3. The minimum absolute atomic E-state index is 0.247. The second kappa shape index (κ2) is 6.62. The van der Waals surface area contributed by atoms with Gasteiger partial charge in [0, 0.05) is 24.0 Å². The van der Waals surface area contributed by atoms with E-state index in [0.717, 1.165) is 0 Å². The molecule has 2 aromatic carbocycles. The average molecular weight is 299 g/mol. The predicted molar refractivity (Wildman–Crippen MR) is 85.2 cm³/mol. The van der Waals surface area contributed by atoms with Gasteiger partial charge in [0.25, 0.3) is 11.8 Å². The molecular weight excluding hydrogens is 282 g/mol. The number of hydrogen-bond acceptors (Lipinski definition) is 4. The molecule has 2 rings (SSSR count). The SMILES string of the molecule is CNC(=O)c1ccc(N)c(C(=O)Nc2ccc(OC)cc2)c1. The lowest BCUT2D eigenvalue weighted by molar-refractivity contribution is 0.0963. The van der Waals surface area contributed by atoms with Crippen LogP contribution in [0, 0.1) is 0 Å². The van der Waals surface area contributed by atoms with Gasteiger partial charge in [-0.2, -0.15) is 0 Å². The maximum absolute atomic E-state index is 12.3. The molecule has 0 bridgehead atoms. The van der Waals surface area contributed by atoms with Crippen molar-refractivity contribution in [3.05, 3.63) is 53.6 Å². The predicted octanol–water partition coefficient (Wildman–Crippen LogP) is 1.89. The topological polar surface area (TPSA) is 93.5 Å². The highest BCUT2D eigenvalue weighted by atomic mass is 16.5. The number of carbonyl (C=O) groups is 2. The van der Waals surface area contributed by atoms with Crippen LogP contribution in [0.25, 0.3) is 0 Å². The lowest BCUT2D eigenvalue weighted by Crippen LogP contribution is -2.20. The zero-order chi connectivity index (χ0) is 16.1. The highest BCUT2D eigenvalue weighted by molar-refractivity contribution is 6.09. The second-order valence-electron chi connectivity index (χ2n) is 4.56. The van der Waals surface area contributed by atoms with Crippen LogP contribution in [-0.4, -0.2) is 26.0 Å². The lowest BCUT2D eigenvalue weighted by Gasteiger charge is -2.10. The molecule has 2 amide bonds. The molecule has 0 aliphatic rings. The van der Waals surface area contributed by atoms with Gasteiger partial charge in [-0.05, 0) is 42.5 Å². The number of ether oxygens (including phenoxy) is 1. The fourth-order valence-corrected chi connectivity index (χ4v) is 1.91. The largest absolute Gasteiger partial charge is 0.497 e. The highest BCUT2D eigenvalue weighted by Crippen LogP contribution is 2.19. The third-order valence-electron chi connectivity index (χ3n) is 3.14. The third kappa shape index (κ3) is 3.35. The summed E-state index contributed by atoms with van der Waals surface area (Å²) in [4.78, 5) is 23.9. The van der Waals surface area contributed by atoms with Gasteiger partial charge in [-0.25, -0.2) is 0 Å². The Balaban J connectivity index is 2.22. The summed E-state index contributed by atoms with van der Waals surface area (Å²) in [6.45, 7) is 0. The molecule has 0 saturated carbocycles. The quantitative estimate of drug-likeness (QED) is 0.752. The summed E-state index contributed by atoms with van der Waals surface area (Å²) < 4.78 is 5.06. The van der Waals surface area contributed by atoms with E-state index in [1.165, 1.54) is 19.2 Å². The Labute approximate surface area is 128 Å². The van der Waals surface area contributed by atoms with Crippen molar-refractivity contribution in [1.82, 2.24) is 5.32 Å². The second-order valence-corrected chi connectivity index (χ2v) is 4.56. The Hall–Kier alpha value is -3.02. The molecule has 0 unspecified atom stereocenters. The number of amides is 2. The van der Waals surface area contributed by atoms with Crippen molar-refractivity contribution in [2.24, 2.45) is 0 Å². The van der Waals surface area contributed by atoms with Gasteiger partial charge in [0.1, 0.15) is 5.75 Å². The summed E-state index contributed by atoms with van der Waals surface area (Å²) in [6, 6.07) is 11.5. The van der Waals surface area contributed by atoms with Crippen molar-refractivity contribution in [2.75, 3.05) is 25.2 Å². The summed E-state index contributed by atoms with van der Waals surface area (Å²) in [5.41, 5.74) is 7.35. The molecule has 0 saturated heterocycles. The Morgan fingerprint density at radius 1 is 1.05 bits per heavy atom. The van der Waals surface area contributed by atoms with Crippen molar-refractivity contribution in [3.8, 4) is 5.75 Å². The molecular formula is C16H17N3O3. The number of hydrogen-bond donors (Lipinski definition) is 3. The number of nitrogens with two attached hydrogens (primary N) is 1. The molecule has 114 valence electrons. The monoisotopic (exact) mass is 299 g/mol. The summed E-state index contributed by atoms with van der Waals surface area (Å²) in [7, 11) is 3.09. The number of nitrogens with one attached hydrogen (secondary N) is 2. The minimum Gasteiger partial charge on any atom is -0.497 e. The van der Waals surface area contributed by atoms with Gasteiger partial charge in [0.15, 0.2) is 0 Å². The molecule has 0 aliphatic heterocycles. The van der Waals surface area contributed by atoms with E-state index in [1.54, 1.807) is 37.4 Å². The molecule has 6 heteroatoms. The van der Waals surface area contributed by atoms with E-state index in [0.29, 0.717) is 22.7 Å². The standard InChI is InChI=1S/C16H17N3O3/c1-18-15(20)10-3-8-14(17)13(9-10)16(21)19-11-4-6-12(22-2)7-5-11/h3-9H,17H2,1-2H3,(H,18,20)(H,19,21). The van der Waals surface area contributed by atoms with Crippen molar-refractivity contribution in [1.29, 1.82) is 0 Å². The first-order valence-corrected chi connectivity index (χ1v) is 6.62. The normalized spacial score (nSPS) is 9.91. The van der Waals surface area contributed by atoms with Crippen LogP contribution in [0.3, 0.4) is 0 Å². The maximum atomic E-state index is 12.3. The van der Waals surface area contributed by atoms with Crippen LogP contribution in [0.5, 0.6) is 5.75 Å². The van der Waals surface area contributed by atoms with E-state index in [2.05, 4.69) is 10.6 Å². The highest BCUT2D eigenvalue weighted by Gasteiger charge is 2.13. The Kier molecular flexibility index (Phi) is 4.63. The molecule has 0 aliphatic carbocycles. The number of benzene rings is 2. The van der Waals surface area contributed by atoms with Gasteiger partial charge < -0.3 is 21.1 Å². The van der Waals surface area contributed by atoms with Crippen LogP contribution in [-0.2, 0) is 0 Å². The molecule has 0 radical (unpaired) electrons. The molecule has 6 nitrogen and oxygen atoms in total. The summed E-state index contributed by atoms with van der Waals surface area (Å²) in [6.07, 6.45) is 0. The minimum atomic E-state index is -0.381. The molecule has 4 N–H and O–H groups in total. The molecule has 2 aromatic rings. The average Bonchev–Trinajstić information content (AvgIpc) is 2.55. The van der Waals surface area contributed by atoms with Crippen LogP contribution in [0.4, 0.5) is 11.4 Å². The van der Waals surface area contributed by atoms with Crippen molar-refractivity contribution >= 4 is 23.2 Å². The molecule has 22 heavy (non-hydrogen) atoms. The van der Waals surface area contributed by atoms with Crippen LogP contribution in [0.1, 0.15) is 20.7 Å². The molecule has 0 spiro atoms. The van der Waals surface area contributed by atoms with Gasteiger partial charge in [0.2, 0.25) is 0 Å². The van der Waals surface area contributed by atoms with Crippen molar-refractivity contribution < 1.29 is 14.3 Å². The van der Waals surface area contributed by atoms with Crippen molar-refractivity contribution in [3.63, 3.8) is 0 Å². The first-order valence-electron chi connectivity index (χ1n) is 6.62. The summed E-state index contributed by atoms with van der Waals surface area (Å²) >= 11 is 0. The van der Waals surface area contributed by atoms with Gasteiger partial charge in [-0.15, -0.1) is 0 Å². The van der Waals surface area contributed by atoms with Crippen molar-refractivity contribution in [2.45, 2.75) is 0 Å². The van der Waals surface area contributed by atoms with E-state index in [1.807, 2.05) is 0 Å². The lowest BCUT2D eigenvalue weighted by atomic mass is 10.1. The number of methoxy groups -OCH3 is 1. The Morgan fingerprint density at radius 2 is 1.73 bits per heavy atom. The van der Waals surface area contributed by atoms with Crippen LogP contribution in [0.15, 0.2) is 42.5 Å². The Morgan fingerprint density at radius 3 is 2.32 bits per heavy atom. The summed E-state index contributed by atoms with van der Waals surface area (Å²) in [5, 5.41) is 5.23. The Bertz CT molecular complexity index is 696. The van der Waals surface area contributed by atoms with E-state index >= 15 is 0 Å². The number of rotatable bonds is 4. The van der Waals surface area contributed by atoms with Crippen LogP contribution >= 0.6 is 0 Å².